The lowest BCUT2D eigenvalue weighted by Gasteiger charge is -2.63. The van der Waals surface area contributed by atoms with E-state index in [0.29, 0.717) is 34.2 Å². The molecule has 3 heteroatoms. The number of hydrogen-bond donors (Lipinski definition) is 2. The quantitative estimate of drug-likeness (QED) is 0.684. The van der Waals surface area contributed by atoms with Gasteiger partial charge in [-0.05, 0) is 118 Å². The monoisotopic (exact) mass is 416 g/mol. The minimum Gasteiger partial charge on any atom is -0.393 e. The molecule has 30 heavy (non-hydrogen) atoms. The average Bonchev–Trinajstić information content (AvgIpc) is 3.27. The zero-order valence-corrected chi connectivity index (χ0v) is 21.0. The topological polar surface area (TPSA) is 35.5 Å². The van der Waals surface area contributed by atoms with Gasteiger partial charge >= 0.3 is 0 Å². The van der Waals surface area contributed by atoms with Crippen molar-refractivity contribution in [2.45, 2.75) is 104 Å². The molecule has 5 saturated carbocycles. The Morgan fingerprint density at radius 1 is 0.900 bits per heavy atom. The standard InChI is InChI=1S/C27H48N2O/c1-17(29(7)8)22-18(30)15-25(5)20-10-9-19-23(2,3)21(28-6)11-12-26(19)16-27(20,26)14-13-24(22,25)4/h17-22,28,30H,9-16H2,1-8H3/t17?,18-,19+,20+,21?,22+,24-,25+,26?,27?/m1/s1. The van der Waals surface area contributed by atoms with Crippen molar-refractivity contribution in [1.29, 1.82) is 0 Å². The molecule has 4 unspecified atom stereocenters. The normalized spacial score (nSPS) is 57.2. The molecule has 172 valence electrons. The molecule has 0 bridgehead atoms. The summed E-state index contributed by atoms with van der Waals surface area (Å²) >= 11 is 0. The third-order valence-corrected chi connectivity index (χ3v) is 12.9. The highest BCUT2D eigenvalue weighted by Gasteiger charge is 2.82. The predicted octanol–water partition coefficient (Wildman–Crippen LogP) is 4.93. The fraction of sp³-hybridized carbons (Fsp3) is 1.00. The number of hydrogen-bond acceptors (Lipinski definition) is 3. The Kier molecular flexibility index (Phi) is 4.53. The Morgan fingerprint density at radius 3 is 2.17 bits per heavy atom. The van der Waals surface area contributed by atoms with Crippen LogP contribution in [0.25, 0.3) is 0 Å². The van der Waals surface area contributed by atoms with Gasteiger partial charge in [-0.25, -0.2) is 0 Å². The third-order valence-electron chi connectivity index (χ3n) is 12.9. The van der Waals surface area contributed by atoms with Crippen LogP contribution in [0.3, 0.4) is 0 Å². The summed E-state index contributed by atoms with van der Waals surface area (Å²) in [7, 11) is 6.58. The van der Waals surface area contributed by atoms with Gasteiger partial charge in [0.2, 0.25) is 0 Å². The predicted molar refractivity (Wildman–Crippen MR) is 124 cm³/mol. The molecule has 5 aliphatic carbocycles. The summed E-state index contributed by atoms with van der Waals surface area (Å²) in [6.07, 6.45) is 10.7. The van der Waals surface area contributed by atoms with Gasteiger partial charge in [-0.15, -0.1) is 0 Å². The fourth-order valence-electron chi connectivity index (χ4n) is 11.2. The second kappa shape index (κ2) is 6.26. The van der Waals surface area contributed by atoms with Gasteiger partial charge < -0.3 is 15.3 Å². The van der Waals surface area contributed by atoms with Crippen LogP contribution < -0.4 is 5.32 Å². The molecule has 0 aromatic rings. The highest BCUT2D eigenvalue weighted by atomic mass is 16.3. The highest BCUT2D eigenvalue weighted by molar-refractivity contribution is 5.31. The van der Waals surface area contributed by atoms with E-state index in [0.717, 1.165) is 18.3 Å². The van der Waals surface area contributed by atoms with Gasteiger partial charge in [0.1, 0.15) is 0 Å². The zero-order chi connectivity index (χ0) is 21.9. The van der Waals surface area contributed by atoms with Crippen molar-refractivity contribution in [3.05, 3.63) is 0 Å². The van der Waals surface area contributed by atoms with Crippen LogP contribution in [0.1, 0.15) is 86.0 Å². The molecule has 0 heterocycles. The molecule has 0 saturated heterocycles. The largest absolute Gasteiger partial charge is 0.393 e. The van der Waals surface area contributed by atoms with Crippen molar-refractivity contribution in [3.8, 4) is 0 Å². The number of rotatable bonds is 3. The van der Waals surface area contributed by atoms with Gasteiger partial charge in [-0.3, -0.25) is 0 Å². The van der Waals surface area contributed by atoms with Crippen molar-refractivity contribution in [3.63, 3.8) is 0 Å². The van der Waals surface area contributed by atoms with Crippen LogP contribution in [0, 0.1) is 44.8 Å². The third kappa shape index (κ3) is 2.24. The second-order valence-corrected chi connectivity index (χ2v) is 13.7. The molecule has 0 aromatic carbocycles. The van der Waals surface area contributed by atoms with E-state index in [-0.39, 0.29) is 16.9 Å². The van der Waals surface area contributed by atoms with Gasteiger partial charge in [-0.2, -0.15) is 0 Å². The Labute approximate surface area is 185 Å². The Hall–Kier alpha value is -0.120. The smallest absolute Gasteiger partial charge is 0.0594 e. The van der Waals surface area contributed by atoms with E-state index in [4.69, 9.17) is 0 Å². The van der Waals surface area contributed by atoms with Gasteiger partial charge in [0.25, 0.3) is 0 Å². The van der Waals surface area contributed by atoms with Crippen molar-refractivity contribution >= 4 is 0 Å². The molecule has 0 radical (unpaired) electrons. The molecule has 0 amide bonds. The molecule has 3 nitrogen and oxygen atoms in total. The molecule has 5 rings (SSSR count). The minimum absolute atomic E-state index is 0.142. The number of nitrogens with zero attached hydrogens (tertiary/aromatic N) is 1. The summed E-state index contributed by atoms with van der Waals surface area (Å²) < 4.78 is 0. The average molecular weight is 417 g/mol. The Morgan fingerprint density at radius 2 is 1.53 bits per heavy atom. The molecule has 0 aliphatic heterocycles. The summed E-state index contributed by atoms with van der Waals surface area (Å²) in [5, 5.41) is 15.1. The SMILES string of the molecule is CNC1CCC23CC24CC[C@]2(C)[C@@H](C(C)N(C)C)[C@H](O)C[C@@]2(C)[C@@H]4CC[C@H]3C1(C)C. The van der Waals surface area contributed by atoms with E-state index in [9.17, 15) is 5.11 Å². The van der Waals surface area contributed by atoms with Crippen LogP contribution in [0.2, 0.25) is 0 Å². The maximum Gasteiger partial charge on any atom is 0.0594 e. The van der Waals surface area contributed by atoms with Crippen LogP contribution in [0.15, 0.2) is 0 Å². The Balaban J connectivity index is 1.51. The first-order valence-electron chi connectivity index (χ1n) is 12.9. The van der Waals surface area contributed by atoms with E-state index in [1.54, 1.807) is 0 Å². The van der Waals surface area contributed by atoms with Crippen molar-refractivity contribution in [1.82, 2.24) is 10.2 Å². The number of aliphatic hydroxyl groups is 1. The van der Waals surface area contributed by atoms with Gasteiger partial charge in [0, 0.05) is 18.0 Å². The van der Waals surface area contributed by atoms with Crippen LogP contribution in [-0.2, 0) is 0 Å². The lowest BCUT2D eigenvalue weighted by molar-refractivity contribution is -0.146. The van der Waals surface area contributed by atoms with Crippen molar-refractivity contribution in [2.75, 3.05) is 21.1 Å². The zero-order valence-electron chi connectivity index (χ0n) is 21.0. The van der Waals surface area contributed by atoms with Crippen molar-refractivity contribution in [2.24, 2.45) is 44.8 Å². The molecule has 10 atom stereocenters. The van der Waals surface area contributed by atoms with Crippen LogP contribution in [0.4, 0.5) is 0 Å². The summed E-state index contributed by atoms with van der Waals surface area (Å²) in [6, 6.07) is 1.11. The number of aliphatic hydroxyl groups excluding tert-OH is 1. The van der Waals surface area contributed by atoms with Crippen LogP contribution in [0.5, 0.6) is 0 Å². The van der Waals surface area contributed by atoms with Crippen LogP contribution >= 0.6 is 0 Å². The lowest BCUT2D eigenvalue weighted by atomic mass is 9.42. The maximum atomic E-state index is 11.4. The van der Waals surface area contributed by atoms with E-state index in [2.05, 4.69) is 66.0 Å². The fourth-order valence-corrected chi connectivity index (χ4v) is 11.2. The minimum atomic E-state index is -0.142. The summed E-state index contributed by atoms with van der Waals surface area (Å²) in [6.45, 7) is 12.7. The van der Waals surface area contributed by atoms with Gasteiger partial charge in [0.05, 0.1) is 6.10 Å². The Bertz CT molecular complexity index is 720. The first kappa shape index (κ1) is 21.7. The second-order valence-electron chi connectivity index (χ2n) is 13.7. The van der Waals surface area contributed by atoms with Crippen LogP contribution in [-0.4, -0.2) is 49.3 Å². The molecule has 2 spiro atoms. The summed E-state index contributed by atoms with van der Waals surface area (Å²) in [5.74, 6) is 2.10. The molecular formula is C27H48N2O. The molecule has 5 aliphatic rings. The first-order valence-corrected chi connectivity index (χ1v) is 12.9. The first-order chi connectivity index (χ1) is 13.9. The highest BCUT2D eigenvalue weighted by Crippen LogP contribution is 2.88. The number of nitrogens with one attached hydrogen (secondary N) is 1. The summed E-state index contributed by atoms with van der Waals surface area (Å²) in [5.41, 5.74) is 2.14. The van der Waals surface area contributed by atoms with Gasteiger partial charge in [0.15, 0.2) is 0 Å². The molecular weight excluding hydrogens is 368 g/mol. The number of fused-ring (bicyclic) bond motifs is 2. The van der Waals surface area contributed by atoms with E-state index in [1.165, 1.54) is 44.9 Å². The van der Waals surface area contributed by atoms with E-state index >= 15 is 0 Å². The molecule has 0 aromatic heterocycles. The molecule has 2 N–H and O–H groups in total. The van der Waals surface area contributed by atoms with Crippen molar-refractivity contribution < 1.29 is 5.11 Å². The van der Waals surface area contributed by atoms with E-state index < -0.39 is 0 Å². The van der Waals surface area contributed by atoms with Gasteiger partial charge in [-0.1, -0.05) is 27.7 Å². The molecule has 5 fully saturated rings. The maximum absolute atomic E-state index is 11.4. The summed E-state index contributed by atoms with van der Waals surface area (Å²) in [4.78, 5) is 2.35. The lowest BCUT2D eigenvalue weighted by Crippen LogP contribution is -2.59. The van der Waals surface area contributed by atoms with E-state index in [1.807, 2.05) is 0 Å².